The molecule has 0 saturated heterocycles. The molecule has 6 nitrogen and oxygen atoms in total. The molecule has 2 aromatic rings. The molecule has 29 heavy (non-hydrogen) atoms. The van der Waals surface area contributed by atoms with Crippen molar-refractivity contribution >= 4 is 31.9 Å². The zero-order valence-corrected chi connectivity index (χ0v) is 19.5. The Morgan fingerprint density at radius 1 is 1.14 bits per heavy atom. The second kappa shape index (κ2) is 10.2. The molecule has 8 heteroatoms. The third-order valence-corrected chi connectivity index (χ3v) is 7.17. The lowest BCUT2D eigenvalue weighted by atomic mass is 10.1. The smallest absolute Gasteiger partial charge is 0.258 e. The van der Waals surface area contributed by atoms with Crippen LogP contribution >= 0.6 is 15.9 Å². The number of rotatable bonds is 9. The average molecular weight is 483 g/mol. The van der Waals surface area contributed by atoms with Crippen molar-refractivity contribution in [3.63, 3.8) is 0 Å². The molecule has 0 fully saturated rings. The molecule has 0 radical (unpaired) electrons. The minimum absolute atomic E-state index is 0.149. The molecule has 0 aliphatic carbocycles. The lowest BCUT2D eigenvalue weighted by molar-refractivity contribution is -0.123. The molecule has 158 valence electrons. The third kappa shape index (κ3) is 6.04. The third-order valence-electron chi connectivity index (χ3n) is 4.60. The van der Waals surface area contributed by atoms with Gasteiger partial charge in [0, 0.05) is 17.6 Å². The maximum absolute atomic E-state index is 12.6. The van der Waals surface area contributed by atoms with Gasteiger partial charge in [-0.05, 0) is 55.3 Å². The summed E-state index contributed by atoms with van der Waals surface area (Å²) in [4.78, 5) is 12.4. The van der Waals surface area contributed by atoms with E-state index in [-0.39, 0.29) is 23.5 Å². The van der Waals surface area contributed by atoms with Crippen molar-refractivity contribution in [1.29, 1.82) is 0 Å². The number of halogens is 1. The highest BCUT2D eigenvalue weighted by Crippen LogP contribution is 2.24. The van der Waals surface area contributed by atoms with Crippen LogP contribution in [0.1, 0.15) is 37.9 Å². The highest BCUT2D eigenvalue weighted by molar-refractivity contribution is 9.10. The van der Waals surface area contributed by atoms with Gasteiger partial charge in [-0.15, -0.1) is 0 Å². The minimum Gasteiger partial charge on any atom is -0.484 e. The second-order valence-electron chi connectivity index (χ2n) is 6.65. The van der Waals surface area contributed by atoms with Crippen molar-refractivity contribution in [1.82, 2.24) is 9.62 Å². The van der Waals surface area contributed by atoms with Crippen LogP contribution in [0, 0.1) is 6.92 Å². The van der Waals surface area contributed by atoms with Gasteiger partial charge in [0.2, 0.25) is 10.0 Å². The Morgan fingerprint density at radius 3 is 2.31 bits per heavy atom. The predicted molar refractivity (Wildman–Crippen MR) is 117 cm³/mol. The predicted octanol–water partition coefficient (Wildman–Crippen LogP) is 4.04. The normalized spacial score (nSPS) is 12.6. The van der Waals surface area contributed by atoms with E-state index in [1.54, 1.807) is 32.9 Å². The molecule has 0 aliphatic heterocycles. The van der Waals surface area contributed by atoms with Gasteiger partial charge >= 0.3 is 0 Å². The number of hydrogen-bond donors (Lipinski definition) is 1. The maximum atomic E-state index is 12.6. The fourth-order valence-electron chi connectivity index (χ4n) is 2.92. The molecule has 2 rings (SSSR count). The molecular weight excluding hydrogens is 456 g/mol. The zero-order valence-electron chi connectivity index (χ0n) is 17.1. The van der Waals surface area contributed by atoms with Crippen LogP contribution in [0.5, 0.6) is 5.75 Å². The number of sulfonamides is 1. The number of ether oxygens (including phenoxy) is 1. The van der Waals surface area contributed by atoms with E-state index >= 15 is 0 Å². The first-order valence-electron chi connectivity index (χ1n) is 9.47. The molecular formula is C21H27BrN2O4S. The molecule has 0 spiro atoms. The van der Waals surface area contributed by atoms with Crippen LogP contribution in [-0.2, 0) is 14.8 Å². The Kier molecular flexibility index (Phi) is 8.24. The van der Waals surface area contributed by atoms with Gasteiger partial charge in [0.05, 0.1) is 10.9 Å². The van der Waals surface area contributed by atoms with E-state index < -0.39 is 10.0 Å². The van der Waals surface area contributed by atoms with E-state index in [0.717, 1.165) is 10.0 Å². The largest absolute Gasteiger partial charge is 0.484 e. The van der Waals surface area contributed by atoms with E-state index in [9.17, 15) is 13.2 Å². The number of aryl methyl sites for hydroxylation is 1. The summed E-state index contributed by atoms with van der Waals surface area (Å²) in [7, 11) is -3.53. The molecule has 1 N–H and O–H groups in total. The molecule has 0 bridgehead atoms. The molecule has 0 unspecified atom stereocenters. The summed E-state index contributed by atoms with van der Waals surface area (Å²) in [6.45, 7) is 7.94. The first-order valence-corrected chi connectivity index (χ1v) is 11.7. The molecule has 0 heterocycles. The van der Waals surface area contributed by atoms with Gasteiger partial charge in [-0.25, -0.2) is 8.42 Å². The minimum atomic E-state index is -3.53. The summed E-state index contributed by atoms with van der Waals surface area (Å²) in [5.41, 5.74) is 1.65. The van der Waals surface area contributed by atoms with Crippen LogP contribution < -0.4 is 10.1 Å². The molecule has 0 aromatic heterocycles. The fourth-order valence-corrected chi connectivity index (χ4v) is 4.73. The lowest BCUT2D eigenvalue weighted by Crippen LogP contribution is -2.31. The Labute approximate surface area is 181 Å². The molecule has 1 amide bonds. The highest BCUT2D eigenvalue weighted by atomic mass is 79.9. The molecule has 0 aliphatic rings. The Bertz CT molecular complexity index is 942. The first kappa shape index (κ1) is 23.4. The van der Waals surface area contributed by atoms with Gasteiger partial charge in [0.25, 0.3) is 5.91 Å². The lowest BCUT2D eigenvalue weighted by Gasteiger charge is -2.19. The van der Waals surface area contributed by atoms with Gasteiger partial charge in [0.15, 0.2) is 6.61 Å². The van der Waals surface area contributed by atoms with Crippen LogP contribution in [0.2, 0.25) is 0 Å². The van der Waals surface area contributed by atoms with Crippen molar-refractivity contribution < 1.29 is 17.9 Å². The van der Waals surface area contributed by atoms with Crippen molar-refractivity contribution in [2.75, 3.05) is 19.7 Å². The van der Waals surface area contributed by atoms with Gasteiger partial charge in [-0.1, -0.05) is 41.9 Å². The second-order valence-corrected chi connectivity index (χ2v) is 9.50. The SMILES string of the molecule is CCN(CC)S(=O)(=O)c1ccc(OCC(=O)N[C@@H](C)c2ccc(Br)cc2)c(C)c1. The summed E-state index contributed by atoms with van der Waals surface area (Å²) in [5, 5.41) is 2.89. The van der Waals surface area contributed by atoms with E-state index in [0.29, 0.717) is 24.4 Å². The fraction of sp³-hybridized carbons (Fsp3) is 0.381. The number of carbonyl (C=O) groups excluding carboxylic acids is 1. The van der Waals surface area contributed by atoms with Crippen molar-refractivity contribution in [3.05, 3.63) is 58.1 Å². The number of amides is 1. The van der Waals surface area contributed by atoms with E-state index in [4.69, 9.17) is 4.74 Å². The van der Waals surface area contributed by atoms with Crippen LogP contribution in [-0.4, -0.2) is 38.3 Å². The van der Waals surface area contributed by atoms with Crippen LogP contribution in [0.25, 0.3) is 0 Å². The van der Waals surface area contributed by atoms with Gasteiger partial charge in [-0.3, -0.25) is 4.79 Å². The molecule has 2 aromatic carbocycles. The van der Waals surface area contributed by atoms with Crippen molar-refractivity contribution in [3.8, 4) is 5.75 Å². The maximum Gasteiger partial charge on any atom is 0.258 e. The number of hydrogen-bond acceptors (Lipinski definition) is 4. The van der Waals surface area contributed by atoms with Gasteiger partial charge in [-0.2, -0.15) is 4.31 Å². The number of carbonyl (C=O) groups is 1. The zero-order chi connectivity index (χ0) is 21.6. The Hall–Kier alpha value is -1.90. The summed E-state index contributed by atoms with van der Waals surface area (Å²) < 4.78 is 33.2. The summed E-state index contributed by atoms with van der Waals surface area (Å²) >= 11 is 3.39. The average Bonchev–Trinajstić information content (AvgIpc) is 2.68. The summed E-state index contributed by atoms with van der Waals surface area (Å²) in [6, 6.07) is 12.3. The van der Waals surface area contributed by atoms with E-state index in [1.807, 2.05) is 31.2 Å². The van der Waals surface area contributed by atoms with E-state index in [2.05, 4.69) is 21.2 Å². The quantitative estimate of drug-likeness (QED) is 0.584. The van der Waals surface area contributed by atoms with Crippen molar-refractivity contribution in [2.45, 2.75) is 38.6 Å². The Morgan fingerprint density at radius 2 is 1.76 bits per heavy atom. The van der Waals surface area contributed by atoms with Crippen LogP contribution in [0.3, 0.4) is 0 Å². The standard InChI is InChI=1S/C21H27BrN2O4S/c1-5-24(6-2)29(26,27)19-11-12-20(15(3)13-19)28-14-21(25)23-16(4)17-7-9-18(22)10-8-17/h7-13,16H,5-6,14H2,1-4H3,(H,23,25)/t16-/m0/s1. The van der Waals surface area contributed by atoms with Gasteiger partial charge < -0.3 is 10.1 Å². The summed E-state index contributed by atoms with van der Waals surface area (Å²) in [6.07, 6.45) is 0. The Balaban J connectivity index is 2.00. The highest BCUT2D eigenvalue weighted by Gasteiger charge is 2.22. The number of nitrogens with one attached hydrogen (secondary N) is 1. The summed E-state index contributed by atoms with van der Waals surface area (Å²) in [5.74, 6) is 0.231. The molecule has 1 atom stereocenters. The first-order chi connectivity index (χ1) is 13.7. The monoisotopic (exact) mass is 482 g/mol. The van der Waals surface area contributed by atoms with Crippen molar-refractivity contribution in [2.24, 2.45) is 0 Å². The van der Waals surface area contributed by atoms with E-state index in [1.165, 1.54) is 10.4 Å². The number of nitrogens with zero attached hydrogens (tertiary/aromatic N) is 1. The molecule has 0 saturated carbocycles. The van der Waals surface area contributed by atoms with Crippen LogP contribution in [0.4, 0.5) is 0 Å². The number of benzene rings is 2. The topological polar surface area (TPSA) is 75.7 Å². The van der Waals surface area contributed by atoms with Crippen LogP contribution in [0.15, 0.2) is 51.8 Å². The van der Waals surface area contributed by atoms with Gasteiger partial charge in [0.1, 0.15) is 5.75 Å².